The Morgan fingerprint density at radius 3 is 2.64 bits per heavy atom. The standard InChI is InChI=1S/C29H37NO3/c1-6-7-9-12-20-18-24-26(22-17-19(2)15-16-23(22)29(3,4)33-24)27(31)25(20)28(32)30(5)21-13-10-8-11-14-21/h8,10-11,13-14,17-18,22-23,31H,6-7,9,12,15-16H2,1-5H3. The number of aryl methyl sites for hydroxylation is 1. The SMILES string of the molecule is CCCCCc1cc2c(c(O)c1C(=O)N(C)c1ccccc1)C1C=C(C)CCC1C(C)(C)O2. The Kier molecular flexibility index (Phi) is 6.56. The van der Waals surface area contributed by atoms with Gasteiger partial charge in [0.05, 0.1) is 5.56 Å². The van der Waals surface area contributed by atoms with Crippen molar-refractivity contribution in [3.8, 4) is 11.5 Å². The van der Waals surface area contributed by atoms with Crippen LogP contribution < -0.4 is 9.64 Å². The number of allylic oxidation sites excluding steroid dienone is 2. The van der Waals surface area contributed by atoms with Crippen LogP contribution in [0.25, 0.3) is 0 Å². The van der Waals surface area contributed by atoms with Crippen LogP contribution in [0, 0.1) is 5.92 Å². The van der Waals surface area contributed by atoms with E-state index in [4.69, 9.17) is 4.74 Å². The first kappa shape index (κ1) is 23.4. The van der Waals surface area contributed by atoms with Gasteiger partial charge in [0.2, 0.25) is 0 Å². The summed E-state index contributed by atoms with van der Waals surface area (Å²) in [6.45, 7) is 8.63. The van der Waals surface area contributed by atoms with Crippen LogP contribution in [0.3, 0.4) is 0 Å². The number of anilines is 1. The highest BCUT2D eigenvalue weighted by molar-refractivity contribution is 6.09. The third-order valence-corrected chi connectivity index (χ3v) is 7.44. The summed E-state index contributed by atoms with van der Waals surface area (Å²) >= 11 is 0. The van der Waals surface area contributed by atoms with Gasteiger partial charge in [-0.15, -0.1) is 0 Å². The molecule has 2 aromatic rings. The molecule has 0 radical (unpaired) electrons. The third kappa shape index (κ3) is 4.40. The van der Waals surface area contributed by atoms with Gasteiger partial charge in [0.25, 0.3) is 5.91 Å². The van der Waals surface area contributed by atoms with E-state index in [0.717, 1.165) is 61.1 Å². The summed E-state index contributed by atoms with van der Waals surface area (Å²) < 4.78 is 6.52. The molecule has 0 spiro atoms. The summed E-state index contributed by atoms with van der Waals surface area (Å²) in [5, 5.41) is 11.7. The Hall–Kier alpha value is -2.75. The molecule has 0 aromatic heterocycles. The van der Waals surface area contributed by atoms with Crippen molar-refractivity contribution < 1.29 is 14.6 Å². The fourth-order valence-corrected chi connectivity index (χ4v) is 5.55. The van der Waals surface area contributed by atoms with E-state index >= 15 is 0 Å². The number of para-hydroxylation sites is 1. The normalized spacial score (nSPS) is 20.8. The fourth-order valence-electron chi connectivity index (χ4n) is 5.55. The number of nitrogens with zero attached hydrogens (tertiary/aromatic N) is 1. The Bertz CT molecular complexity index is 1050. The van der Waals surface area contributed by atoms with Gasteiger partial charge in [0.15, 0.2) is 0 Å². The molecule has 1 aliphatic heterocycles. The van der Waals surface area contributed by atoms with Crippen LogP contribution in [-0.2, 0) is 6.42 Å². The van der Waals surface area contributed by atoms with E-state index in [-0.39, 0.29) is 29.1 Å². The molecule has 4 rings (SSSR count). The van der Waals surface area contributed by atoms with Gasteiger partial charge in [0.1, 0.15) is 17.1 Å². The summed E-state index contributed by atoms with van der Waals surface area (Å²) in [7, 11) is 1.78. The van der Waals surface area contributed by atoms with E-state index in [1.54, 1.807) is 11.9 Å². The van der Waals surface area contributed by atoms with Crippen molar-refractivity contribution in [3.63, 3.8) is 0 Å². The Morgan fingerprint density at radius 1 is 1.21 bits per heavy atom. The second-order valence-electron chi connectivity index (χ2n) is 10.2. The number of carbonyl (C=O) groups is 1. The molecular weight excluding hydrogens is 410 g/mol. The molecule has 1 N–H and O–H groups in total. The Balaban J connectivity index is 1.86. The van der Waals surface area contributed by atoms with Crippen molar-refractivity contribution in [1.29, 1.82) is 0 Å². The molecule has 1 amide bonds. The lowest BCUT2D eigenvalue weighted by Crippen LogP contribution is -2.45. The summed E-state index contributed by atoms with van der Waals surface area (Å²) in [5.41, 5.74) is 3.90. The number of rotatable bonds is 6. The zero-order valence-electron chi connectivity index (χ0n) is 20.6. The minimum atomic E-state index is -0.325. The van der Waals surface area contributed by atoms with Gasteiger partial charge in [0, 0.05) is 30.1 Å². The Labute approximate surface area is 198 Å². The van der Waals surface area contributed by atoms with E-state index in [0.29, 0.717) is 5.56 Å². The van der Waals surface area contributed by atoms with Crippen molar-refractivity contribution in [2.75, 3.05) is 11.9 Å². The van der Waals surface area contributed by atoms with E-state index in [2.05, 4.69) is 33.8 Å². The first-order valence-electron chi connectivity index (χ1n) is 12.3. The molecule has 0 fully saturated rings. The molecule has 0 saturated carbocycles. The molecule has 0 saturated heterocycles. The van der Waals surface area contributed by atoms with Gasteiger partial charge in [-0.3, -0.25) is 4.79 Å². The van der Waals surface area contributed by atoms with Gasteiger partial charge in [-0.1, -0.05) is 49.6 Å². The average Bonchev–Trinajstić information content (AvgIpc) is 2.78. The van der Waals surface area contributed by atoms with Crippen LogP contribution in [-0.4, -0.2) is 23.7 Å². The minimum Gasteiger partial charge on any atom is -0.507 e. The van der Waals surface area contributed by atoms with Crippen LogP contribution in [0.1, 0.15) is 87.2 Å². The molecule has 4 heteroatoms. The van der Waals surface area contributed by atoms with Gasteiger partial charge in [-0.05, 0) is 70.2 Å². The average molecular weight is 448 g/mol. The number of carbonyl (C=O) groups excluding carboxylic acids is 1. The molecule has 2 aromatic carbocycles. The number of phenols is 1. The molecule has 1 aliphatic carbocycles. The topological polar surface area (TPSA) is 49.8 Å². The van der Waals surface area contributed by atoms with Crippen molar-refractivity contribution in [2.45, 2.75) is 77.7 Å². The maximum Gasteiger partial charge on any atom is 0.262 e. The van der Waals surface area contributed by atoms with E-state index < -0.39 is 0 Å². The lowest BCUT2D eigenvalue weighted by Gasteiger charge is -2.46. The first-order valence-corrected chi connectivity index (χ1v) is 12.3. The number of amides is 1. The van der Waals surface area contributed by atoms with Gasteiger partial charge < -0.3 is 14.7 Å². The van der Waals surface area contributed by atoms with Gasteiger partial charge >= 0.3 is 0 Å². The minimum absolute atomic E-state index is 0.0516. The molecule has 33 heavy (non-hydrogen) atoms. The van der Waals surface area contributed by atoms with Crippen LogP contribution >= 0.6 is 0 Å². The monoisotopic (exact) mass is 447 g/mol. The summed E-state index contributed by atoms with van der Waals surface area (Å²) in [6.07, 6.45) is 8.24. The molecule has 2 atom stereocenters. The maximum atomic E-state index is 13.8. The molecule has 1 heterocycles. The van der Waals surface area contributed by atoms with Crippen molar-refractivity contribution in [2.24, 2.45) is 5.92 Å². The second-order valence-corrected chi connectivity index (χ2v) is 10.2. The van der Waals surface area contributed by atoms with Gasteiger partial charge in [-0.2, -0.15) is 0 Å². The van der Waals surface area contributed by atoms with E-state index in [9.17, 15) is 9.90 Å². The highest BCUT2D eigenvalue weighted by Crippen LogP contribution is 2.54. The van der Waals surface area contributed by atoms with E-state index in [1.165, 1.54) is 5.57 Å². The predicted molar refractivity (Wildman–Crippen MR) is 134 cm³/mol. The quantitative estimate of drug-likeness (QED) is 0.383. The highest BCUT2D eigenvalue weighted by atomic mass is 16.5. The molecule has 2 aliphatic rings. The van der Waals surface area contributed by atoms with Crippen molar-refractivity contribution in [3.05, 3.63) is 64.7 Å². The molecular formula is C29H37NO3. The summed E-state index contributed by atoms with van der Waals surface area (Å²) in [5.74, 6) is 0.973. The lowest BCUT2D eigenvalue weighted by molar-refractivity contribution is 0.0107. The zero-order valence-corrected chi connectivity index (χ0v) is 20.6. The number of benzene rings is 2. The lowest BCUT2D eigenvalue weighted by atomic mass is 9.67. The van der Waals surface area contributed by atoms with Crippen LogP contribution in [0.2, 0.25) is 0 Å². The maximum absolute atomic E-state index is 13.8. The van der Waals surface area contributed by atoms with Crippen LogP contribution in [0.15, 0.2) is 48.0 Å². The number of hydrogen-bond acceptors (Lipinski definition) is 3. The van der Waals surface area contributed by atoms with Crippen molar-refractivity contribution in [1.82, 2.24) is 0 Å². The number of hydrogen-bond donors (Lipinski definition) is 1. The molecule has 176 valence electrons. The number of fused-ring (bicyclic) bond motifs is 3. The smallest absolute Gasteiger partial charge is 0.262 e. The molecule has 2 unspecified atom stereocenters. The number of ether oxygens (including phenoxy) is 1. The fraction of sp³-hybridized carbons (Fsp3) is 0.483. The second kappa shape index (κ2) is 9.24. The number of unbranched alkanes of at least 4 members (excludes halogenated alkanes) is 2. The third-order valence-electron chi connectivity index (χ3n) is 7.44. The zero-order chi connectivity index (χ0) is 23.8. The Morgan fingerprint density at radius 2 is 1.94 bits per heavy atom. The summed E-state index contributed by atoms with van der Waals surface area (Å²) in [6, 6.07) is 11.6. The summed E-state index contributed by atoms with van der Waals surface area (Å²) in [4.78, 5) is 15.4. The molecule has 0 bridgehead atoms. The molecule has 4 nitrogen and oxygen atoms in total. The van der Waals surface area contributed by atoms with Crippen LogP contribution in [0.4, 0.5) is 5.69 Å². The van der Waals surface area contributed by atoms with Crippen molar-refractivity contribution >= 4 is 11.6 Å². The van der Waals surface area contributed by atoms with Gasteiger partial charge in [-0.25, -0.2) is 0 Å². The largest absolute Gasteiger partial charge is 0.507 e. The number of phenolic OH excluding ortho intramolecular Hbond substituents is 1. The highest BCUT2D eigenvalue weighted by Gasteiger charge is 2.46. The van der Waals surface area contributed by atoms with Crippen LogP contribution in [0.5, 0.6) is 11.5 Å². The first-order chi connectivity index (χ1) is 15.7. The predicted octanol–water partition coefficient (Wildman–Crippen LogP) is 7.01. The van der Waals surface area contributed by atoms with E-state index in [1.807, 2.05) is 36.4 Å². The number of aromatic hydroxyl groups is 1.